The lowest BCUT2D eigenvalue weighted by Crippen LogP contribution is -2.55. The molecule has 0 aromatic rings. The van der Waals surface area contributed by atoms with Crippen molar-refractivity contribution in [2.45, 2.75) is 57.7 Å². The molecule has 0 saturated carbocycles. The average Bonchev–Trinajstić information content (AvgIpc) is 2.37. The smallest absolute Gasteiger partial charge is 0.410 e. The van der Waals surface area contributed by atoms with Gasteiger partial charge in [0.1, 0.15) is 5.60 Å². The summed E-state index contributed by atoms with van der Waals surface area (Å²) in [6.45, 7) is 6.94. The van der Waals surface area contributed by atoms with Crippen LogP contribution < -0.4 is 0 Å². The standard InChI is InChI=1S/C15H25NO5/c1-14(2,3)21-13(19)16-8-4-6-15(10-16)7-5-11(9-20-15)12(17)18/h11H,4-10H2,1-3H3,(H,17,18). The molecule has 0 radical (unpaired) electrons. The number of amides is 1. The van der Waals surface area contributed by atoms with Gasteiger partial charge in [0.05, 0.1) is 24.7 Å². The van der Waals surface area contributed by atoms with Crippen LogP contribution >= 0.6 is 0 Å². The second-order valence-electron chi connectivity index (χ2n) is 7.07. The molecule has 0 aliphatic carbocycles. The molecule has 0 bridgehead atoms. The number of hydrogen-bond donors (Lipinski definition) is 1. The van der Waals surface area contributed by atoms with Gasteiger partial charge in [0, 0.05) is 6.54 Å². The molecule has 2 fully saturated rings. The number of aliphatic carboxylic acids is 1. The maximum atomic E-state index is 12.2. The maximum Gasteiger partial charge on any atom is 0.410 e. The van der Waals surface area contributed by atoms with Crippen molar-refractivity contribution < 1.29 is 24.2 Å². The van der Waals surface area contributed by atoms with Crippen LogP contribution in [0.25, 0.3) is 0 Å². The number of carbonyl (C=O) groups excluding carboxylic acids is 1. The summed E-state index contributed by atoms with van der Waals surface area (Å²) in [4.78, 5) is 24.8. The van der Waals surface area contributed by atoms with E-state index in [-0.39, 0.29) is 18.3 Å². The Labute approximate surface area is 125 Å². The van der Waals surface area contributed by atoms with Crippen LogP contribution in [0.2, 0.25) is 0 Å². The number of ether oxygens (including phenoxy) is 2. The van der Waals surface area contributed by atoms with E-state index in [0.29, 0.717) is 25.9 Å². The summed E-state index contributed by atoms with van der Waals surface area (Å²) < 4.78 is 11.3. The highest BCUT2D eigenvalue weighted by molar-refractivity contribution is 5.70. The molecule has 0 aromatic carbocycles. The van der Waals surface area contributed by atoms with E-state index in [4.69, 9.17) is 14.6 Å². The molecule has 2 heterocycles. The third-order valence-corrected chi connectivity index (χ3v) is 4.08. The number of carbonyl (C=O) groups is 2. The number of carboxylic acid groups (broad SMARTS) is 1. The fourth-order valence-electron chi connectivity index (χ4n) is 2.97. The van der Waals surface area contributed by atoms with E-state index >= 15 is 0 Å². The Balaban J connectivity index is 1.95. The van der Waals surface area contributed by atoms with Gasteiger partial charge in [-0.25, -0.2) is 4.79 Å². The fourth-order valence-corrected chi connectivity index (χ4v) is 2.97. The van der Waals surface area contributed by atoms with Gasteiger partial charge in [0.25, 0.3) is 0 Å². The lowest BCUT2D eigenvalue weighted by molar-refractivity contribution is -0.162. The minimum absolute atomic E-state index is 0.234. The van der Waals surface area contributed by atoms with Gasteiger partial charge < -0.3 is 19.5 Å². The van der Waals surface area contributed by atoms with Crippen molar-refractivity contribution in [1.82, 2.24) is 4.90 Å². The van der Waals surface area contributed by atoms with Gasteiger partial charge in [-0.1, -0.05) is 0 Å². The van der Waals surface area contributed by atoms with Gasteiger partial charge in [-0.15, -0.1) is 0 Å². The summed E-state index contributed by atoms with van der Waals surface area (Å²) in [6.07, 6.45) is 2.71. The molecule has 2 aliphatic rings. The van der Waals surface area contributed by atoms with Crippen LogP contribution in [-0.4, -0.2) is 53.0 Å². The fraction of sp³-hybridized carbons (Fsp3) is 0.867. The SMILES string of the molecule is CC(C)(C)OC(=O)N1CCCC2(CCC(C(=O)O)CO2)C1. The van der Waals surface area contributed by atoms with Crippen LogP contribution in [0.4, 0.5) is 4.79 Å². The van der Waals surface area contributed by atoms with Gasteiger partial charge in [0.2, 0.25) is 0 Å². The van der Waals surface area contributed by atoms with Crippen LogP contribution in [0.5, 0.6) is 0 Å². The summed E-state index contributed by atoms with van der Waals surface area (Å²) in [5, 5.41) is 9.03. The number of likely N-dealkylation sites (tertiary alicyclic amines) is 1. The summed E-state index contributed by atoms with van der Waals surface area (Å²) >= 11 is 0. The van der Waals surface area contributed by atoms with E-state index in [9.17, 15) is 9.59 Å². The molecule has 2 saturated heterocycles. The van der Waals surface area contributed by atoms with Crippen molar-refractivity contribution in [3.05, 3.63) is 0 Å². The van der Waals surface area contributed by atoms with Gasteiger partial charge in [-0.2, -0.15) is 0 Å². The Morgan fingerprint density at radius 1 is 1.33 bits per heavy atom. The van der Waals surface area contributed by atoms with Crippen molar-refractivity contribution in [3.8, 4) is 0 Å². The topological polar surface area (TPSA) is 76.1 Å². The Hall–Kier alpha value is -1.30. The molecular formula is C15H25NO5. The molecule has 1 spiro atoms. The number of rotatable bonds is 1. The molecule has 1 N–H and O–H groups in total. The van der Waals surface area contributed by atoms with E-state index in [1.807, 2.05) is 20.8 Å². The highest BCUT2D eigenvalue weighted by atomic mass is 16.6. The van der Waals surface area contributed by atoms with E-state index in [1.54, 1.807) is 4.90 Å². The molecule has 6 nitrogen and oxygen atoms in total. The van der Waals surface area contributed by atoms with Crippen LogP contribution in [0, 0.1) is 5.92 Å². The minimum Gasteiger partial charge on any atom is -0.481 e. The molecule has 1 amide bonds. The third-order valence-electron chi connectivity index (χ3n) is 4.08. The lowest BCUT2D eigenvalue weighted by atomic mass is 9.83. The van der Waals surface area contributed by atoms with E-state index < -0.39 is 17.5 Å². The summed E-state index contributed by atoms with van der Waals surface area (Å²) in [5.74, 6) is -1.22. The number of carboxylic acids is 1. The van der Waals surface area contributed by atoms with Crippen LogP contribution in [0.3, 0.4) is 0 Å². The molecule has 120 valence electrons. The molecular weight excluding hydrogens is 274 g/mol. The highest BCUT2D eigenvalue weighted by Crippen LogP contribution is 2.36. The number of nitrogens with zero attached hydrogens (tertiary/aromatic N) is 1. The predicted octanol–water partition coefficient (Wildman–Crippen LogP) is 2.27. The normalized spacial score (nSPS) is 30.2. The van der Waals surface area contributed by atoms with E-state index in [2.05, 4.69) is 0 Å². The average molecular weight is 299 g/mol. The maximum absolute atomic E-state index is 12.2. The van der Waals surface area contributed by atoms with Crippen molar-refractivity contribution in [2.75, 3.05) is 19.7 Å². The molecule has 2 aliphatic heterocycles. The minimum atomic E-state index is -0.801. The molecule has 2 unspecified atom stereocenters. The van der Waals surface area contributed by atoms with Crippen LogP contribution in [-0.2, 0) is 14.3 Å². The number of hydrogen-bond acceptors (Lipinski definition) is 4. The summed E-state index contributed by atoms with van der Waals surface area (Å²) in [7, 11) is 0. The summed E-state index contributed by atoms with van der Waals surface area (Å²) in [6, 6.07) is 0. The largest absolute Gasteiger partial charge is 0.481 e. The first kappa shape index (κ1) is 16.1. The first-order valence-electron chi connectivity index (χ1n) is 7.55. The Kier molecular flexibility index (Phi) is 4.46. The van der Waals surface area contributed by atoms with Crippen LogP contribution in [0.1, 0.15) is 46.5 Å². The molecule has 6 heteroatoms. The van der Waals surface area contributed by atoms with Crippen LogP contribution in [0.15, 0.2) is 0 Å². The van der Waals surface area contributed by atoms with Crippen molar-refractivity contribution in [3.63, 3.8) is 0 Å². The van der Waals surface area contributed by atoms with Crippen molar-refractivity contribution in [2.24, 2.45) is 5.92 Å². The van der Waals surface area contributed by atoms with Crippen molar-refractivity contribution >= 4 is 12.1 Å². The molecule has 0 aromatic heterocycles. The zero-order valence-corrected chi connectivity index (χ0v) is 13.1. The van der Waals surface area contributed by atoms with Gasteiger partial charge in [-0.05, 0) is 46.5 Å². The van der Waals surface area contributed by atoms with E-state index in [1.165, 1.54) is 0 Å². The zero-order valence-electron chi connectivity index (χ0n) is 13.1. The van der Waals surface area contributed by atoms with E-state index in [0.717, 1.165) is 12.8 Å². The Bertz CT molecular complexity index is 407. The molecule has 2 atom stereocenters. The Morgan fingerprint density at radius 3 is 2.57 bits per heavy atom. The predicted molar refractivity (Wildman–Crippen MR) is 76.1 cm³/mol. The van der Waals surface area contributed by atoms with Gasteiger partial charge in [0.15, 0.2) is 0 Å². The quantitative estimate of drug-likeness (QED) is 0.803. The highest BCUT2D eigenvalue weighted by Gasteiger charge is 2.43. The zero-order chi connectivity index (χ0) is 15.7. The van der Waals surface area contributed by atoms with Gasteiger partial charge >= 0.3 is 12.1 Å². The Morgan fingerprint density at radius 2 is 2.05 bits per heavy atom. The summed E-state index contributed by atoms with van der Waals surface area (Å²) in [5.41, 5.74) is -0.898. The second kappa shape index (κ2) is 5.83. The van der Waals surface area contributed by atoms with Gasteiger partial charge in [-0.3, -0.25) is 4.79 Å². The van der Waals surface area contributed by atoms with Crippen molar-refractivity contribution in [1.29, 1.82) is 0 Å². The third kappa shape index (κ3) is 4.09. The first-order valence-corrected chi connectivity index (χ1v) is 7.55. The molecule has 21 heavy (non-hydrogen) atoms. The molecule has 2 rings (SSSR count). The lowest BCUT2D eigenvalue weighted by Gasteiger charge is -2.45. The monoisotopic (exact) mass is 299 g/mol. The second-order valence-corrected chi connectivity index (χ2v) is 7.07. The first-order chi connectivity index (χ1) is 9.71. The number of piperidine rings is 1.